The van der Waals surface area contributed by atoms with Crippen molar-refractivity contribution in [2.24, 2.45) is 0 Å². The predicted molar refractivity (Wildman–Crippen MR) is 139 cm³/mol. The second-order valence-electron chi connectivity index (χ2n) is 8.91. The standard InChI is InChI=1S/C28H33N3O7/c1-4-37-24(32)15-18-31(34)28(33)30-16-13-21(14-17-30)27-29-25(19-5-9-22(35-2)10-6-19)26(38-27)20-7-11-23(36-3)12-8-20/h5-12,21,34H,4,13-18H2,1-3H3. The lowest BCUT2D eigenvalue weighted by molar-refractivity contribution is -0.145. The number of urea groups is 1. The van der Waals surface area contributed by atoms with Crippen LogP contribution in [0.25, 0.3) is 22.6 Å². The highest BCUT2D eigenvalue weighted by Gasteiger charge is 2.30. The third kappa shape index (κ3) is 6.25. The number of hydrogen-bond acceptors (Lipinski definition) is 8. The summed E-state index contributed by atoms with van der Waals surface area (Å²) in [5.74, 6) is 2.32. The Bertz CT molecular complexity index is 1150. The van der Waals surface area contributed by atoms with Gasteiger partial charge in [-0.25, -0.2) is 14.8 Å². The number of ether oxygens (including phenoxy) is 3. The predicted octanol–water partition coefficient (Wildman–Crippen LogP) is 4.97. The smallest absolute Gasteiger partial charge is 0.343 e. The van der Waals surface area contributed by atoms with Crippen LogP contribution in [0.4, 0.5) is 4.79 Å². The van der Waals surface area contributed by atoms with E-state index >= 15 is 0 Å². The zero-order valence-electron chi connectivity index (χ0n) is 21.9. The molecule has 0 unspecified atom stereocenters. The van der Waals surface area contributed by atoms with Crippen LogP contribution in [0.5, 0.6) is 11.5 Å². The van der Waals surface area contributed by atoms with Gasteiger partial charge in [0.15, 0.2) is 11.7 Å². The van der Waals surface area contributed by atoms with E-state index in [0.717, 1.165) is 28.3 Å². The highest BCUT2D eigenvalue weighted by Crippen LogP contribution is 2.38. The zero-order chi connectivity index (χ0) is 27.1. The molecule has 0 atom stereocenters. The topological polar surface area (TPSA) is 115 Å². The van der Waals surface area contributed by atoms with E-state index in [2.05, 4.69) is 0 Å². The Morgan fingerprint density at radius 2 is 1.58 bits per heavy atom. The second kappa shape index (κ2) is 12.5. The van der Waals surface area contributed by atoms with Gasteiger partial charge in [-0.3, -0.25) is 10.0 Å². The van der Waals surface area contributed by atoms with Crippen LogP contribution < -0.4 is 9.47 Å². The molecule has 3 aromatic rings. The maximum Gasteiger partial charge on any atom is 0.343 e. The summed E-state index contributed by atoms with van der Waals surface area (Å²) in [5, 5.41) is 10.7. The van der Waals surface area contributed by atoms with Crippen LogP contribution in [0.2, 0.25) is 0 Å². The van der Waals surface area contributed by atoms with E-state index in [1.807, 2.05) is 48.5 Å². The van der Waals surface area contributed by atoms with E-state index in [0.29, 0.717) is 42.6 Å². The molecule has 0 spiro atoms. The van der Waals surface area contributed by atoms with E-state index in [-0.39, 0.29) is 25.5 Å². The van der Waals surface area contributed by atoms with E-state index < -0.39 is 12.0 Å². The summed E-state index contributed by atoms with van der Waals surface area (Å²) in [6.07, 6.45) is 1.19. The van der Waals surface area contributed by atoms with Crippen LogP contribution in [0.15, 0.2) is 52.9 Å². The van der Waals surface area contributed by atoms with Gasteiger partial charge >= 0.3 is 12.0 Å². The number of methoxy groups -OCH3 is 2. The molecule has 1 aliphatic heterocycles. The fourth-order valence-corrected chi connectivity index (χ4v) is 4.40. The molecule has 2 amide bonds. The first kappa shape index (κ1) is 27.0. The highest BCUT2D eigenvalue weighted by molar-refractivity contribution is 5.77. The molecule has 1 aliphatic rings. The summed E-state index contributed by atoms with van der Waals surface area (Å²) in [6, 6.07) is 14.7. The summed E-state index contributed by atoms with van der Waals surface area (Å²) >= 11 is 0. The average molecular weight is 524 g/mol. The Kier molecular flexibility index (Phi) is 8.85. The van der Waals surface area contributed by atoms with Crippen molar-refractivity contribution in [1.82, 2.24) is 14.9 Å². The third-order valence-electron chi connectivity index (χ3n) is 6.53. The lowest BCUT2D eigenvalue weighted by atomic mass is 9.97. The molecule has 10 nitrogen and oxygen atoms in total. The van der Waals surface area contributed by atoms with Gasteiger partial charge in [0.1, 0.15) is 17.2 Å². The van der Waals surface area contributed by atoms with Crippen LogP contribution in [-0.2, 0) is 9.53 Å². The number of hydrogen-bond donors (Lipinski definition) is 1. The normalized spacial score (nSPS) is 13.7. The second-order valence-corrected chi connectivity index (χ2v) is 8.91. The number of amides is 2. The fourth-order valence-electron chi connectivity index (χ4n) is 4.40. The molecule has 0 bridgehead atoms. The van der Waals surface area contributed by atoms with Crippen molar-refractivity contribution in [3.05, 3.63) is 54.4 Å². The van der Waals surface area contributed by atoms with Gasteiger partial charge in [0.05, 0.1) is 33.8 Å². The molecule has 202 valence electrons. The van der Waals surface area contributed by atoms with Crippen LogP contribution >= 0.6 is 0 Å². The van der Waals surface area contributed by atoms with Crippen LogP contribution in [-0.4, -0.2) is 72.6 Å². The highest BCUT2D eigenvalue weighted by atomic mass is 16.5. The Morgan fingerprint density at radius 3 is 2.13 bits per heavy atom. The molecule has 1 N–H and O–H groups in total. The first-order valence-corrected chi connectivity index (χ1v) is 12.6. The number of esters is 1. The largest absolute Gasteiger partial charge is 0.497 e. The molecule has 0 aliphatic carbocycles. The summed E-state index contributed by atoms with van der Waals surface area (Å²) in [5.41, 5.74) is 2.50. The van der Waals surface area contributed by atoms with Gasteiger partial charge in [-0.15, -0.1) is 0 Å². The van der Waals surface area contributed by atoms with Gasteiger partial charge in [0.2, 0.25) is 0 Å². The molecule has 4 rings (SSSR count). The number of oxazole rings is 1. The molecule has 10 heteroatoms. The molecule has 38 heavy (non-hydrogen) atoms. The monoisotopic (exact) mass is 523 g/mol. The van der Waals surface area contributed by atoms with Crippen molar-refractivity contribution in [2.45, 2.75) is 32.1 Å². The number of piperidine rings is 1. The number of aromatic nitrogens is 1. The molecule has 1 aromatic heterocycles. The quantitative estimate of drug-likeness (QED) is 0.238. The number of benzene rings is 2. The first-order chi connectivity index (χ1) is 18.4. The summed E-state index contributed by atoms with van der Waals surface area (Å²) < 4.78 is 21.8. The number of carbonyl (C=O) groups is 2. The molecule has 1 saturated heterocycles. The van der Waals surface area contributed by atoms with Gasteiger partial charge < -0.3 is 23.5 Å². The molecular formula is C28H33N3O7. The number of carbonyl (C=O) groups excluding carboxylic acids is 2. The molecule has 0 saturated carbocycles. The number of likely N-dealkylation sites (tertiary alicyclic amines) is 1. The van der Waals surface area contributed by atoms with Crippen LogP contribution in [0, 0.1) is 0 Å². The summed E-state index contributed by atoms with van der Waals surface area (Å²) in [7, 11) is 3.25. The summed E-state index contributed by atoms with van der Waals surface area (Å²) in [6.45, 7) is 2.70. The Balaban J connectivity index is 1.49. The molecule has 2 heterocycles. The van der Waals surface area contributed by atoms with E-state index in [1.54, 1.807) is 26.0 Å². The van der Waals surface area contributed by atoms with Crippen LogP contribution in [0.1, 0.15) is 38.0 Å². The van der Waals surface area contributed by atoms with Gasteiger partial charge in [0, 0.05) is 30.1 Å². The number of nitrogens with zero attached hydrogens (tertiary/aromatic N) is 3. The summed E-state index contributed by atoms with van der Waals surface area (Å²) in [4.78, 5) is 30.6. The molecular weight excluding hydrogens is 490 g/mol. The van der Waals surface area contributed by atoms with Crippen molar-refractivity contribution in [3.63, 3.8) is 0 Å². The van der Waals surface area contributed by atoms with Gasteiger partial charge in [0.25, 0.3) is 0 Å². The molecule has 1 fully saturated rings. The van der Waals surface area contributed by atoms with Gasteiger partial charge in [-0.1, -0.05) is 0 Å². The van der Waals surface area contributed by atoms with Crippen molar-refractivity contribution >= 4 is 12.0 Å². The van der Waals surface area contributed by atoms with E-state index in [4.69, 9.17) is 23.6 Å². The zero-order valence-corrected chi connectivity index (χ0v) is 21.9. The van der Waals surface area contributed by atoms with E-state index in [1.165, 1.54) is 0 Å². The number of rotatable bonds is 9. The lowest BCUT2D eigenvalue weighted by Crippen LogP contribution is -2.45. The molecule has 0 radical (unpaired) electrons. The van der Waals surface area contributed by atoms with Crippen LogP contribution in [0.3, 0.4) is 0 Å². The molecule has 2 aromatic carbocycles. The number of hydroxylamine groups is 2. The lowest BCUT2D eigenvalue weighted by Gasteiger charge is -2.32. The Morgan fingerprint density at radius 1 is 1.00 bits per heavy atom. The SMILES string of the molecule is CCOC(=O)CCN(O)C(=O)N1CCC(c2nc(-c3ccc(OC)cc3)c(-c3ccc(OC)cc3)o2)CC1. The maximum atomic E-state index is 12.6. The average Bonchev–Trinajstić information content (AvgIpc) is 3.41. The van der Waals surface area contributed by atoms with E-state index in [9.17, 15) is 14.8 Å². The van der Waals surface area contributed by atoms with Crippen molar-refractivity contribution < 1.29 is 33.4 Å². The first-order valence-electron chi connectivity index (χ1n) is 12.6. The minimum Gasteiger partial charge on any atom is -0.497 e. The van der Waals surface area contributed by atoms with Crippen molar-refractivity contribution in [2.75, 3.05) is 40.5 Å². The fraction of sp³-hybridized carbons (Fsp3) is 0.393. The Labute approximate surface area is 221 Å². The van der Waals surface area contributed by atoms with Gasteiger partial charge in [-0.05, 0) is 68.3 Å². The minimum atomic E-state index is -0.530. The maximum absolute atomic E-state index is 12.6. The van der Waals surface area contributed by atoms with Gasteiger partial charge in [-0.2, -0.15) is 0 Å². The van der Waals surface area contributed by atoms with Crippen molar-refractivity contribution in [3.8, 4) is 34.1 Å². The van der Waals surface area contributed by atoms with Crippen molar-refractivity contribution in [1.29, 1.82) is 0 Å². The third-order valence-corrected chi connectivity index (χ3v) is 6.53. The Hall–Kier alpha value is -4.05. The minimum absolute atomic E-state index is 0.00900.